The molecule has 0 atom stereocenters. The van der Waals surface area contributed by atoms with E-state index in [2.05, 4.69) is 20.6 Å². The zero-order valence-electron chi connectivity index (χ0n) is 10.2. The van der Waals surface area contributed by atoms with Crippen LogP contribution in [0.2, 0.25) is 0 Å². The first-order valence-corrected chi connectivity index (χ1v) is 5.26. The molecule has 2 aromatic heterocycles. The van der Waals surface area contributed by atoms with Gasteiger partial charge in [0.25, 0.3) is 4.92 Å². The number of hydrogen-bond acceptors (Lipinski definition) is 6. The number of nitrogens with zero attached hydrogens (tertiary/aromatic N) is 5. The molecule has 100 valence electrons. The van der Waals surface area contributed by atoms with Gasteiger partial charge in [-0.1, -0.05) is 5.16 Å². The molecule has 19 heavy (non-hydrogen) atoms. The monoisotopic (exact) mass is 267 g/mol. The fourth-order valence-corrected chi connectivity index (χ4v) is 1.44. The predicted octanol–water partition coefficient (Wildman–Crippen LogP) is -0.218. The maximum atomic E-state index is 11.2. The topological polar surface area (TPSA) is 126 Å². The van der Waals surface area contributed by atoms with Crippen LogP contribution in [0, 0.1) is 11.8 Å². The molecular formula is C9H11N6O4+. The Morgan fingerprint density at radius 3 is 2.95 bits per heavy atom. The van der Waals surface area contributed by atoms with Crippen LogP contribution in [0.1, 0.15) is 22.2 Å². The van der Waals surface area contributed by atoms with Gasteiger partial charge in [-0.25, -0.2) is 5.21 Å². The van der Waals surface area contributed by atoms with Crippen molar-refractivity contribution in [2.45, 2.75) is 13.5 Å². The Morgan fingerprint density at radius 1 is 1.63 bits per heavy atom. The summed E-state index contributed by atoms with van der Waals surface area (Å²) in [5, 5.41) is 18.7. The number of carbonyl (C=O) groups excluding carboxylic acids is 1. The number of aromatic nitrogens is 4. The summed E-state index contributed by atoms with van der Waals surface area (Å²) in [7, 11) is 1.44. The van der Waals surface area contributed by atoms with Gasteiger partial charge in [-0.3, -0.25) is 9.48 Å². The van der Waals surface area contributed by atoms with E-state index >= 15 is 0 Å². The number of nitrogens with one attached hydrogen (secondary N) is 1. The van der Waals surface area contributed by atoms with Crippen molar-refractivity contribution in [2.24, 2.45) is 0 Å². The van der Waals surface area contributed by atoms with Crippen molar-refractivity contribution in [3.8, 4) is 0 Å². The van der Waals surface area contributed by atoms with Gasteiger partial charge in [0.2, 0.25) is 0 Å². The third kappa shape index (κ3) is 2.41. The van der Waals surface area contributed by atoms with Gasteiger partial charge in [-0.15, -0.1) is 0 Å². The molecule has 0 aliphatic carbocycles. The summed E-state index contributed by atoms with van der Waals surface area (Å²) in [5.74, 6) is -0.417. The van der Waals surface area contributed by atoms with Gasteiger partial charge in [-0.2, -0.15) is 10.1 Å². The molecule has 0 bridgehead atoms. The lowest BCUT2D eigenvalue weighted by atomic mass is 10.4. The fraction of sp³-hybridized carbons (Fsp3) is 0.333. The summed E-state index contributed by atoms with van der Waals surface area (Å²) in [6, 6.07) is 0. The van der Waals surface area contributed by atoms with Crippen molar-refractivity contribution in [2.75, 3.05) is 7.05 Å². The predicted molar refractivity (Wildman–Crippen MR) is 58.8 cm³/mol. The van der Waals surface area contributed by atoms with Gasteiger partial charge >= 0.3 is 17.5 Å². The van der Waals surface area contributed by atoms with Gasteiger partial charge in [0.05, 0.1) is 4.91 Å². The van der Waals surface area contributed by atoms with Gasteiger partial charge in [0.15, 0.2) is 5.82 Å². The molecule has 0 fully saturated rings. The summed E-state index contributed by atoms with van der Waals surface area (Å²) >= 11 is 0. The summed E-state index contributed by atoms with van der Waals surface area (Å²) in [5.41, 5.74) is 0.457. The minimum Gasteiger partial charge on any atom is -0.351 e. The van der Waals surface area contributed by atoms with Crippen molar-refractivity contribution < 1.29 is 19.4 Å². The third-order valence-electron chi connectivity index (χ3n) is 2.46. The Balaban J connectivity index is 2.20. The average molecular weight is 267 g/mol. The lowest BCUT2D eigenvalue weighted by molar-refractivity contribution is -0.730. The van der Waals surface area contributed by atoms with Gasteiger partial charge in [0.1, 0.15) is 18.4 Å². The first-order valence-electron chi connectivity index (χ1n) is 5.26. The maximum Gasteiger partial charge on any atom is 0.356 e. The summed E-state index contributed by atoms with van der Waals surface area (Å²) < 4.78 is 6.15. The van der Waals surface area contributed by atoms with E-state index in [1.807, 2.05) is 0 Å². The molecular weight excluding hydrogens is 256 g/mol. The minimum absolute atomic E-state index is 0.0232. The standard InChI is InChI=1S/C9H10N6O4/c1-5-6(15(17)18)3-11-14(5)4-7-12-9(19-13-7)8(16)10-2/h3H,4H2,1-2H3,(H-,10,16,17,18)/p+1. The van der Waals surface area contributed by atoms with Crippen LogP contribution in [-0.4, -0.2) is 43.0 Å². The van der Waals surface area contributed by atoms with Crippen LogP contribution in [0.15, 0.2) is 10.7 Å². The second kappa shape index (κ2) is 4.84. The van der Waals surface area contributed by atoms with Crippen LogP contribution >= 0.6 is 0 Å². The largest absolute Gasteiger partial charge is 0.356 e. The number of rotatable bonds is 4. The Hall–Kier alpha value is -2.78. The van der Waals surface area contributed by atoms with Gasteiger partial charge in [-0.05, 0) is 6.92 Å². The van der Waals surface area contributed by atoms with E-state index in [0.717, 1.165) is 0 Å². The highest BCUT2D eigenvalue weighted by Gasteiger charge is 2.22. The number of amides is 1. The van der Waals surface area contributed by atoms with Crippen LogP contribution in [0.4, 0.5) is 5.69 Å². The van der Waals surface area contributed by atoms with Crippen LogP contribution in [0.25, 0.3) is 0 Å². The number of hydrogen-bond donors (Lipinski definition) is 2. The van der Waals surface area contributed by atoms with E-state index in [0.29, 0.717) is 5.69 Å². The second-order valence-corrected chi connectivity index (χ2v) is 3.64. The summed E-state index contributed by atoms with van der Waals surface area (Å²) in [6.45, 7) is 1.71. The average Bonchev–Trinajstić information content (AvgIpc) is 2.97. The molecule has 0 spiro atoms. The molecule has 2 heterocycles. The Morgan fingerprint density at radius 2 is 2.37 bits per heavy atom. The third-order valence-corrected chi connectivity index (χ3v) is 2.46. The Kier molecular flexibility index (Phi) is 3.23. The lowest BCUT2D eigenvalue weighted by Crippen LogP contribution is -2.18. The molecule has 0 aromatic carbocycles. The first kappa shape index (κ1) is 12.7. The lowest BCUT2D eigenvalue weighted by Gasteiger charge is -1.97. The normalized spacial score (nSPS) is 10.4. The van der Waals surface area contributed by atoms with Crippen LogP contribution < -0.4 is 5.32 Å². The highest BCUT2D eigenvalue weighted by Crippen LogP contribution is 2.16. The smallest absolute Gasteiger partial charge is 0.351 e. The second-order valence-electron chi connectivity index (χ2n) is 3.64. The van der Waals surface area contributed by atoms with Crippen molar-refractivity contribution in [3.63, 3.8) is 0 Å². The quantitative estimate of drug-likeness (QED) is 0.733. The minimum atomic E-state index is -0.488. The van der Waals surface area contributed by atoms with Crippen molar-refractivity contribution in [1.82, 2.24) is 25.2 Å². The highest BCUT2D eigenvalue weighted by atomic mass is 16.6. The summed E-state index contributed by atoms with van der Waals surface area (Å²) in [6.07, 6.45) is 1.21. The van der Waals surface area contributed by atoms with Crippen LogP contribution in [0.3, 0.4) is 0 Å². The first-order chi connectivity index (χ1) is 9.02. The Bertz CT molecular complexity index is 630. The van der Waals surface area contributed by atoms with E-state index in [9.17, 15) is 9.70 Å². The van der Waals surface area contributed by atoms with E-state index < -0.39 is 5.91 Å². The molecule has 1 amide bonds. The molecule has 0 saturated carbocycles. The van der Waals surface area contributed by atoms with E-state index in [4.69, 9.17) is 9.73 Å². The Labute approximate surface area is 106 Å². The van der Waals surface area contributed by atoms with E-state index in [1.165, 1.54) is 17.9 Å². The fourth-order valence-electron chi connectivity index (χ4n) is 1.44. The number of carbonyl (C=O) groups is 1. The molecule has 0 radical (unpaired) electrons. The molecule has 2 aromatic rings. The molecule has 0 aliphatic rings. The summed E-state index contributed by atoms with van der Waals surface area (Å²) in [4.78, 5) is 25.6. The maximum absolute atomic E-state index is 11.2. The zero-order valence-corrected chi connectivity index (χ0v) is 10.2. The zero-order chi connectivity index (χ0) is 14.0. The van der Waals surface area contributed by atoms with Crippen LogP contribution in [0.5, 0.6) is 0 Å². The van der Waals surface area contributed by atoms with E-state index in [1.54, 1.807) is 6.92 Å². The van der Waals surface area contributed by atoms with Crippen LogP contribution in [-0.2, 0) is 6.54 Å². The van der Waals surface area contributed by atoms with Crippen molar-refractivity contribution >= 4 is 11.6 Å². The molecule has 2 N–H and O–H groups in total. The van der Waals surface area contributed by atoms with Gasteiger partial charge < -0.3 is 9.84 Å². The van der Waals surface area contributed by atoms with Crippen molar-refractivity contribution in [1.29, 1.82) is 0 Å². The molecule has 0 unspecified atom stereocenters. The SMILES string of the molecule is CNC(=O)c1nc(Cn2ncc([N+](=O)O)c2C)no1. The molecule has 10 heteroatoms. The van der Waals surface area contributed by atoms with E-state index in [-0.39, 0.29) is 28.9 Å². The van der Waals surface area contributed by atoms with Gasteiger partial charge in [0, 0.05) is 7.05 Å². The highest BCUT2D eigenvalue weighted by molar-refractivity contribution is 5.89. The molecule has 10 nitrogen and oxygen atoms in total. The van der Waals surface area contributed by atoms with Crippen molar-refractivity contribution in [3.05, 3.63) is 28.5 Å². The molecule has 0 saturated heterocycles. The molecule has 0 aliphatic heterocycles. The molecule has 2 rings (SSSR count).